The summed E-state index contributed by atoms with van der Waals surface area (Å²) in [5.41, 5.74) is 1.03. The van der Waals surface area contributed by atoms with Crippen LogP contribution in [-0.4, -0.2) is 20.9 Å². The highest BCUT2D eigenvalue weighted by molar-refractivity contribution is 7.89. The van der Waals surface area contributed by atoms with Gasteiger partial charge in [-0.2, -0.15) is 0 Å². The molecule has 0 aliphatic rings. The van der Waals surface area contributed by atoms with Gasteiger partial charge in [0.05, 0.1) is 4.90 Å². The molecule has 0 spiro atoms. The van der Waals surface area contributed by atoms with E-state index < -0.39 is 10.0 Å². The molecule has 88 valence electrons. The fourth-order valence-corrected chi connectivity index (χ4v) is 1.82. The lowest BCUT2D eigenvalue weighted by molar-refractivity contribution is 0.0955. The lowest BCUT2D eigenvalue weighted by Crippen LogP contribution is -2.24. The Kier molecular flexibility index (Phi) is 3.66. The van der Waals surface area contributed by atoms with Crippen LogP contribution in [0.1, 0.15) is 22.8 Å². The van der Waals surface area contributed by atoms with Gasteiger partial charge in [-0.1, -0.05) is 6.07 Å². The van der Waals surface area contributed by atoms with Crippen molar-refractivity contribution in [2.24, 2.45) is 5.14 Å². The minimum Gasteiger partial charge on any atom is -0.352 e. The SMILES string of the molecule is CCNC(=O)c1cc(S(N)(=O)=O)ccc1C. The summed E-state index contributed by atoms with van der Waals surface area (Å²) in [6.45, 7) is 4.01. The van der Waals surface area contributed by atoms with Crippen LogP contribution in [0.4, 0.5) is 0 Å². The summed E-state index contributed by atoms with van der Waals surface area (Å²) < 4.78 is 22.2. The van der Waals surface area contributed by atoms with E-state index >= 15 is 0 Å². The molecule has 0 saturated heterocycles. The second-order valence-corrected chi connectivity index (χ2v) is 4.94. The number of rotatable bonds is 3. The highest BCUT2D eigenvalue weighted by Gasteiger charge is 2.13. The Morgan fingerprint density at radius 2 is 2.06 bits per heavy atom. The molecular weight excluding hydrogens is 228 g/mol. The number of nitrogens with two attached hydrogens (primary N) is 1. The summed E-state index contributed by atoms with van der Waals surface area (Å²) in [7, 11) is -3.77. The molecule has 1 amide bonds. The summed E-state index contributed by atoms with van der Waals surface area (Å²) in [4.78, 5) is 11.5. The zero-order valence-corrected chi connectivity index (χ0v) is 9.97. The topological polar surface area (TPSA) is 89.3 Å². The normalized spacial score (nSPS) is 11.2. The van der Waals surface area contributed by atoms with Gasteiger partial charge in [0.15, 0.2) is 0 Å². The van der Waals surface area contributed by atoms with Gasteiger partial charge in [-0.25, -0.2) is 13.6 Å². The number of amides is 1. The monoisotopic (exact) mass is 242 g/mol. The second-order valence-electron chi connectivity index (χ2n) is 3.38. The molecule has 0 saturated carbocycles. The van der Waals surface area contributed by atoms with Gasteiger partial charge in [-0.05, 0) is 31.5 Å². The maximum absolute atomic E-state index is 11.6. The Balaban J connectivity index is 3.24. The van der Waals surface area contributed by atoms with E-state index in [1.54, 1.807) is 19.9 Å². The first-order valence-electron chi connectivity index (χ1n) is 4.78. The standard InChI is InChI=1S/C10H14N2O3S/c1-3-12-10(13)9-6-8(16(11,14)15)5-4-7(9)2/h4-6H,3H2,1-2H3,(H,12,13)(H2,11,14,15). The minimum absolute atomic E-state index is 0.0562. The Bertz CT molecular complexity index is 509. The van der Waals surface area contributed by atoms with Crippen LogP contribution in [0.3, 0.4) is 0 Å². The Hall–Kier alpha value is -1.40. The van der Waals surface area contributed by atoms with Crippen LogP contribution in [0.5, 0.6) is 0 Å². The van der Waals surface area contributed by atoms with Gasteiger partial charge in [0, 0.05) is 12.1 Å². The Labute approximate surface area is 94.7 Å². The van der Waals surface area contributed by atoms with Crippen molar-refractivity contribution in [3.8, 4) is 0 Å². The highest BCUT2D eigenvalue weighted by atomic mass is 32.2. The average molecular weight is 242 g/mol. The molecule has 0 bridgehead atoms. The predicted molar refractivity (Wildman–Crippen MR) is 60.6 cm³/mol. The first kappa shape index (κ1) is 12.7. The number of hydrogen-bond donors (Lipinski definition) is 2. The number of sulfonamides is 1. The number of aryl methyl sites for hydroxylation is 1. The Morgan fingerprint density at radius 1 is 1.44 bits per heavy atom. The van der Waals surface area contributed by atoms with Gasteiger partial charge in [-0.15, -0.1) is 0 Å². The summed E-state index contributed by atoms with van der Waals surface area (Å²) in [5.74, 6) is -0.300. The van der Waals surface area contributed by atoms with Crippen molar-refractivity contribution in [1.29, 1.82) is 0 Å². The van der Waals surface area contributed by atoms with E-state index in [1.165, 1.54) is 12.1 Å². The van der Waals surface area contributed by atoms with Crippen molar-refractivity contribution in [1.82, 2.24) is 5.32 Å². The van der Waals surface area contributed by atoms with Gasteiger partial charge in [0.1, 0.15) is 0 Å². The van der Waals surface area contributed by atoms with Crippen molar-refractivity contribution in [3.05, 3.63) is 29.3 Å². The lowest BCUT2D eigenvalue weighted by Gasteiger charge is -2.07. The van der Waals surface area contributed by atoms with Crippen LogP contribution in [0, 0.1) is 6.92 Å². The van der Waals surface area contributed by atoms with E-state index in [0.29, 0.717) is 17.7 Å². The molecule has 5 nitrogen and oxygen atoms in total. The molecule has 1 aromatic carbocycles. The van der Waals surface area contributed by atoms with Gasteiger partial charge < -0.3 is 5.32 Å². The van der Waals surface area contributed by atoms with Crippen LogP contribution in [0.2, 0.25) is 0 Å². The highest BCUT2D eigenvalue weighted by Crippen LogP contribution is 2.14. The molecule has 0 aromatic heterocycles. The number of hydrogen-bond acceptors (Lipinski definition) is 3. The predicted octanol–water partition coefficient (Wildman–Crippen LogP) is 0.392. The molecular formula is C10H14N2O3S. The van der Waals surface area contributed by atoms with E-state index in [9.17, 15) is 13.2 Å². The molecule has 0 unspecified atom stereocenters. The third-order valence-corrected chi connectivity index (χ3v) is 3.03. The van der Waals surface area contributed by atoms with Crippen molar-refractivity contribution in [2.45, 2.75) is 18.7 Å². The van der Waals surface area contributed by atoms with Gasteiger partial charge in [0.2, 0.25) is 10.0 Å². The van der Waals surface area contributed by atoms with E-state index in [0.717, 1.165) is 0 Å². The first-order chi connectivity index (χ1) is 7.36. The fraction of sp³-hybridized carbons (Fsp3) is 0.300. The molecule has 3 N–H and O–H groups in total. The van der Waals surface area contributed by atoms with Gasteiger partial charge in [-0.3, -0.25) is 4.79 Å². The van der Waals surface area contributed by atoms with E-state index in [4.69, 9.17) is 5.14 Å². The number of carbonyl (C=O) groups is 1. The molecule has 1 aromatic rings. The number of carbonyl (C=O) groups excluding carboxylic acids is 1. The average Bonchev–Trinajstić information content (AvgIpc) is 2.16. The fourth-order valence-electron chi connectivity index (χ4n) is 1.28. The van der Waals surface area contributed by atoms with Crippen LogP contribution < -0.4 is 10.5 Å². The molecule has 1 rings (SSSR count). The van der Waals surface area contributed by atoms with Crippen molar-refractivity contribution >= 4 is 15.9 Å². The number of benzene rings is 1. The third-order valence-electron chi connectivity index (χ3n) is 2.12. The van der Waals surface area contributed by atoms with Crippen molar-refractivity contribution in [2.75, 3.05) is 6.54 Å². The van der Waals surface area contributed by atoms with Crippen molar-refractivity contribution < 1.29 is 13.2 Å². The Morgan fingerprint density at radius 3 is 2.56 bits per heavy atom. The molecule has 6 heteroatoms. The quantitative estimate of drug-likeness (QED) is 0.803. The molecule has 0 radical (unpaired) electrons. The number of primary sulfonamides is 1. The van der Waals surface area contributed by atoms with Crippen molar-refractivity contribution in [3.63, 3.8) is 0 Å². The first-order valence-corrected chi connectivity index (χ1v) is 6.32. The molecule has 0 aliphatic carbocycles. The largest absolute Gasteiger partial charge is 0.352 e. The summed E-state index contributed by atoms with van der Waals surface area (Å²) >= 11 is 0. The maximum atomic E-state index is 11.6. The summed E-state index contributed by atoms with van der Waals surface area (Å²) in [5, 5.41) is 7.60. The van der Waals surface area contributed by atoms with E-state index in [1.807, 2.05) is 0 Å². The molecule has 0 heterocycles. The van der Waals surface area contributed by atoms with Gasteiger partial charge in [0.25, 0.3) is 5.91 Å². The third kappa shape index (κ3) is 2.80. The van der Waals surface area contributed by atoms with E-state index in [2.05, 4.69) is 5.32 Å². The zero-order chi connectivity index (χ0) is 12.3. The molecule has 0 aliphatic heterocycles. The smallest absolute Gasteiger partial charge is 0.251 e. The van der Waals surface area contributed by atoms with Crippen LogP contribution in [-0.2, 0) is 10.0 Å². The van der Waals surface area contributed by atoms with Gasteiger partial charge >= 0.3 is 0 Å². The van der Waals surface area contributed by atoms with E-state index in [-0.39, 0.29) is 10.8 Å². The molecule has 0 atom stereocenters. The minimum atomic E-state index is -3.77. The number of nitrogens with one attached hydrogen (secondary N) is 1. The summed E-state index contributed by atoms with van der Waals surface area (Å²) in [6, 6.07) is 4.23. The maximum Gasteiger partial charge on any atom is 0.251 e. The molecule has 0 fully saturated rings. The van der Waals surface area contributed by atoms with Crippen LogP contribution in [0.15, 0.2) is 23.1 Å². The zero-order valence-electron chi connectivity index (χ0n) is 9.15. The second kappa shape index (κ2) is 4.63. The molecule has 16 heavy (non-hydrogen) atoms. The van der Waals surface area contributed by atoms with Crippen LogP contribution >= 0.6 is 0 Å². The summed E-state index contributed by atoms with van der Waals surface area (Å²) in [6.07, 6.45) is 0. The lowest BCUT2D eigenvalue weighted by atomic mass is 10.1. The van der Waals surface area contributed by atoms with Crippen LogP contribution in [0.25, 0.3) is 0 Å².